The number of alkyl halides is 1. The lowest BCUT2D eigenvalue weighted by Gasteiger charge is -2.19. The van der Waals surface area contributed by atoms with Gasteiger partial charge in [0.25, 0.3) is 0 Å². The van der Waals surface area contributed by atoms with E-state index in [-0.39, 0.29) is 12.5 Å². The van der Waals surface area contributed by atoms with Crippen LogP contribution in [-0.4, -0.2) is 41.1 Å². The Labute approximate surface area is 115 Å². The lowest BCUT2D eigenvalue weighted by Crippen LogP contribution is -2.36. The fraction of sp³-hybridized carbons (Fsp3) is 0.857. The molecule has 5 heteroatoms. The summed E-state index contributed by atoms with van der Waals surface area (Å²) in [5.74, 6) is -1.14. The maximum absolute atomic E-state index is 13.2. The molecule has 0 aromatic heterocycles. The molecule has 0 aromatic rings. The first-order chi connectivity index (χ1) is 9.01. The molecule has 0 saturated carbocycles. The van der Waals surface area contributed by atoms with Crippen LogP contribution in [0.3, 0.4) is 0 Å². The molecule has 0 rings (SSSR count). The smallest absolute Gasteiger partial charge is 0.323 e. The van der Waals surface area contributed by atoms with Crippen LogP contribution in [0.2, 0.25) is 0 Å². The number of hydrogen-bond donors (Lipinski definition) is 1. The van der Waals surface area contributed by atoms with Crippen molar-refractivity contribution in [3.8, 4) is 0 Å². The first kappa shape index (κ1) is 17.9. The van der Waals surface area contributed by atoms with Crippen LogP contribution in [-0.2, 0) is 9.59 Å². The summed E-state index contributed by atoms with van der Waals surface area (Å²) in [6, 6.07) is 0. The summed E-state index contributed by atoms with van der Waals surface area (Å²) in [5.41, 5.74) is 0. The number of halogens is 1. The fourth-order valence-electron chi connectivity index (χ4n) is 1.98. The zero-order valence-electron chi connectivity index (χ0n) is 12.0. The quantitative estimate of drug-likeness (QED) is 0.590. The highest BCUT2D eigenvalue weighted by Crippen LogP contribution is 2.12. The van der Waals surface area contributed by atoms with Gasteiger partial charge in [0.05, 0.1) is 0 Å². The van der Waals surface area contributed by atoms with Gasteiger partial charge in [-0.2, -0.15) is 0 Å². The minimum Gasteiger partial charge on any atom is -0.480 e. The molecule has 0 aromatic carbocycles. The third-order valence-electron chi connectivity index (χ3n) is 2.93. The molecular formula is C14H26FNO3. The van der Waals surface area contributed by atoms with Gasteiger partial charge < -0.3 is 10.0 Å². The Kier molecular flexibility index (Phi) is 10.1. The van der Waals surface area contributed by atoms with Crippen molar-refractivity contribution >= 4 is 11.9 Å². The topological polar surface area (TPSA) is 57.6 Å². The number of carbonyl (C=O) groups excluding carboxylic acids is 1. The molecule has 1 atom stereocenters. The highest BCUT2D eigenvalue weighted by molar-refractivity contribution is 5.81. The van der Waals surface area contributed by atoms with Gasteiger partial charge in [-0.3, -0.25) is 9.59 Å². The lowest BCUT2D eigenvalue weighted by molar-refractivity contribution is -0.144. The zero-order chi connectivity index (χ0) is 14.7. The second-order valence-corrected chi connectivity index (χ2v) is 4.84. The summed E-state index contributed by atoms with van der Waals surface area (Å²) in [5, 5.41) is 8.72. The molecule has 19 heavy (non-hydrogen) atoms. The van der Waals surface area contributed by atoms with E-state index in [4.69, 9.17) is 5.11 Å². The van der Waals surface area contributed by atoms with E-state index in [2.05, 4.69) is 0 Å². The van der Waals surface area contributed by atoms with Crippen molar-refractivity contribution in [3.05, 3.63) is 0 Å². The van der Waals surface area contributed by atoms with E-state index >= 15 is 0 Å². The van der Waals surface area contributed by atoms with Crippen molar-refractivity contribution in [2.24, 2.45) is 0 Å². The number of amides is 1. The van der Waals surface area contributed by atoms with E-state index in [0.29, 0.717) is 38.6 Å². The van der Waals surface area contributed by atoms with Crippen molar-refractivity contribution in [3.63, 3.8) is 0 Å². The van der Waals surface area contributed by atoms with Crippen LogP contribution in [0.1, 0.15) is 58.8 Å². The number of carboxylic acid groups (broad SMARTS) is 1. The summed E-state index contributed by atoms with van der Waals surface area (Å²) >= 11 is 0. The maximum atomic E-state index is 13.2. The Morgan fingerprint density at radius 2 is 1.84 bits per heavy atom. The average Bonchev–Trinajstić information content (AvgIpc) is 2.33. The number of hydrogen-bond acceptors (Lipinski definition) is 2. The van der Waals surface area contributed by atoms with E-state index in [1.54, 1.807) is 0 Å². The molecule has 0 bridgehead atoms. The van der Waals surface area contributed by atoms with Crippen molar-refractivity contribution in [1.82, 2.24) is 4.90 Å². The van der Waals surface area contributed by atoms with Gasteiger partial charge in [0.1, 0.15) is 12.7 Å². The molecule has 0 radical (unpaired) electrons. The van der Waals surface area contributed by atoms with E-state index in [1.807, 2.05) is 13.8 Å². The minimum atomic E-state index is -0.992. The zero-order valence-corrected chi connectivity index (χ0v) is 12.0. The van der Waals surface area contributed by atoms with Crippen LogP contribution in [0, 0.1) is 0 Å². The molecule has 1 N–H and O–H groups in total. The summed E-state index contributed by atoms with van der Waals surface area (Å²) in [6.45, 7) is 4.08. The average molecular weight is 275 g/mol. The SMILES string of the molecule is CCCC(F)CCCCC(=O)N(CCC)CC(=O)O. The van der Waals surface area contributed by atoms with Gasteiger partial charge in [-0.25, -0.2) is 4.39 Å². The third-order valence-corrected chi connectivity index (χ3v) is 2.93. The molecule has 0 heterocycles. The number of nitrogens with zero attached hydrogens (tertiary/aromatic N) is 1. The Morgan fingerprint density at radius 3 is 2.37 bits per heavy atom. The van der Waals surface area contributed by atoms with Crippen LogP contribution >= 0.6 is 0 Å². The van der Waals surface area contributed by atoms with Gasteiger partial charge in [0, 0.05) is 13.0 Å². The van der Waals surface area contributed by atoms with Gasteiger partial charge >= 0.3 is 5.97 Å². The molecule has 112 valence electrons. The Hall–Kier alpha value is -1.13. The molecule has 0 saturated heterocycles. The predicted octanol–water partition coefficient (Wildman–Crippen LogP) is 3.01. The van der Waals surface area contributed by atoms with Gasteiger partial charge in [-0.05, 0) is 25.7 Å². The molecule has 1 unspecified atom stereocenters. The molecule has 0 fully saturated rings. The van der Waals surface area contributed by atoms with Crippen LogP contribution < -0.4 is 0 Å². The van der Waals surface area contributed by atoms with Gasteiger partial charge in [0.2, 0.25) is 5.91 Å². The largest absolute Gasteiger partial charge is 0.480 e. The Balaban J connectivity index is 3.89. The number of rotatable bonds is 11. The monoisotopic (exact) mass is 275 g/mol. The molecule has 0 aliphatic heterocycles. The molecule has 0 spiro atoms. The number of aliphatic carboxylic acids is 1. The summed E-state index contributed by atoms with van der Waals surface area (Å²) in [4.78, 5) is 23.8. The Morgan fingerprint density at radius 1 is 1.16 bits per heavy atom. The van der Waals surface area contributed by atoms with Crippen molar-refractivity contribution in [2.45, 2.75) is 65.0 Å². The second kappa shape index (κ2) is 10.8. The fourth-order valence-corrected chi connectivity index (χ4v) is 1.98. The summed E-state index contributed by atoms with van der Waals surface area (Å²) in [6.07, 6.45) is 3.49. The van der Waals surface area contributed by atoms with E-state index in [1.165, 1.54) is 4.90 Å². The van der Waals surface area contributed by atoms with E-state index in [9.17, 15) is 14.0 Å². The highest BCUT2D eigenvalue weighted by Gasteiger charge is 2.15. The standard InChI is InChI=1S/C14H26FNO3/c1-3-7-12(15)8-5-6-9-13(17)16(10-4-2)11-14(18)19/h12H,3-11H2,1-2H3,(H,18,19). The number of carboxylic acids is 1. The normalized spacial score (nSPS) is 12.2. The van der Waals surface area contributed by atoms with Crippen molar-refractivity contribution in [1.29, 1.82) is 0 Å². The van der Waals surface area contributed by atoms with Crippen molar-refractivity contribution < 1.29 is 19.1 Å². The van der Waals surface area contributed by atoms with Crippen LogP contribution in [0.15, 0.2) is 0 Å². The van der Waals surface area contributed by atoms with Crippen LogP contribution in [0.5, 0.6) is 0 Å². The van der Waals surface area contributed by atoms with Gasteiger partial charge in [-0.15, -0.1) is 0 Å². The van der Waals surface area contributed by atoms with Crippen LogP contribution in [0.25, 0.3) is 0 Å². The molecule has 0 aliphatic carbocycles. The van der Waals surface area contributed by atoms with Gasteiger partial charge in [0.15, 0.2) is 0 Å². The molecule has 0 aliphatic rings. The first-order valence-corrected chi connectivity index (χ1v) is 7.14. The molecule has 4 nitrogen and oxygen atoms in total. The van der Waals surface area contributed by atoms with Crippen molar-refractivity contribution in [2.75, 3.05) is 13.1 Å². The lowest BCUT2D eigenvalue weighted by atomic mass is 10.1. The predicted molar refractivity (Wildman–Crippen MR) is 72.8 cm³/mol. The van der Waals surface area contributed by atoms with E-state index < -0.39 is 12.1 Å². The molecular weight excluding hydrogens is 249 g/mol. The number of unbranched alkanes of at least 4 members (excludes halogenated alkanes) is 1. The first-order valence-electron chi connectivity index (χ1n) is 7.14. The van der Waals surface area contributed by atoms with Gasteiger partial charge in [-0.1, -0.05) is 26.7 Å². The maximum Gasteiger partial charge on any atom is 0.323 e. The summed E-state index contributed by atoms with van der Waals surface area (Å²) < 4.78 is 13.2. The molecule has 1 amide bonds. The summed E-state index contributed by atoms with van der Waals surface area (Å²) in [7, 11) is 0. The Bertz CT molecular complexity index is 271. The van der Waals surface area contributed by atoms with E-state index in [0.717, 1.165) is 12.8 Å². The minimum absolute atomic E-state index is 0.143. The second-order valence-electron chi connectivity index (χ2n) is 4.84. The van der Waals surface area contributed by atoms with Crippen LogP contribution in [0.4, 0.5) is 4.39 Å². The highest BCUT2D eigenvalue weighted by atomic mass is 19.1. The third kappa shape index (κ3) is 9.45. The number of carbonyl (C=O) groups is 2.